The number of methoxy groups -OCH3 is 1. The van der Waals surface area contributed by atoms with Crippen LogP contribution in [0.2, 0.25) is 0 Å². The summed E-state index contributed by atoms with van der Waals surface area (Å²) in [5.41, 5.74) is 5.42. The van der Waals surface area contributed by atoms with Gasteiger partial charge in [0, 0.05) is 18.2 Å². The van der Waals surface area contributed by atoms with E-state index in [1.54, 1.807) is 0 Å². The van der Waals surface area contributed by atoms with Crippen LogP contribution in [0.5, 0.6) is 0 Å². The summed E-state index contributed by atoms with van der Waals surface area (Å²) in [6.45, 7) is 0. The van der Waals surface area contributed by atoms with Gasteiger partial charge in [-0.05, 0) is 12.1 Å². The van der Waals surface area contributed by atoms with Gasteiger partial charge < -0.3 is 15.6 Å². The Hall–Kier alpha value is -1.72. The summed E-state index contributed by atoms with van der Waals surface area (Å²) in [6, 6.07) is 5.75. The van der Waals surface area contributed by atoms with Gasteiger partial charge in [-0.15, -0.1) is 0 Å². The van der Waals surface area contributed by atoms with Gasteiger partial charge in [0.2, 0.25) is 5.91 Å². The second-order valence-electron chi connectivity index (χ2n) is 2.96. The number of ether oxygens (including phenoxy) is 1. The smallest absolute Gasteiger partial charge is 0.250 e. The topological polar surface area (TPSA) is 89.6 Å². The summed E-state index contributed by atoms with van der Waals surface area (Å²) in [5, 5.41) is 9.66. The van der Waals surface area contributed by atoms with Crippen molar-refractivity contribution in [3.05, 3.63) is 35.4 Å². The van der Waals surface area contributed by atoms with Crippen molar-refractivity contribution in [2.75, 3.05) is 7.11 Å². The number of carbonyl (C=O) groups is 2. The Bertz CT molecular complexity index is 391. The first kappa shape index (κ1) is 11.4. The normalized spacial score (nSPS) is 14.3. The monoisotopic (exact) mass is 209 g/mol. The van der Waals surface area contributed by atoms with E-state index in [2.05, 4.69) is 4.74 Å². The fourth-order valence-electron chi connectivity index (χ4n) is 1.13. The quantitative estimate of drug-likeness (QED) is 0.529. The number of carbonyl (C=O) groups excluding carboxylic acids is 2. The van der Waals surface area contributed by atoms with Gasteiger partial charge in [-0.1, -0.05) is 12.1 Å². The lowest BCUT2D eigenvalue weighted by Crippen LogP contribution is -2.30. The zero-order valence-corrected chi connectivity index (χ0v) is 8.14. The van der Waals surface area contributed by atoms with E-state index in [0.29, 0.717) is 0 Å². The Labute approximate surface area is 86.5 Å². The van der Waals surface area contributed by atoms with E-state index in [0.717, 1.165) is 0 Å². The lowest BCUT2D eigenvalue weighted by Gasteiger charge is -2.20. The maximum absolute atomic E-state index is 10.9. The number of hydrogen-bond acceptors (Lipinski definition) is 4. The maximum Gasteiger partial charge on any atom is 0.250 e. The van der Waals surface area contributed by atoms with Gasteiger partial charge in [-0.3, -0.25) is 9.59 Å². The zero-order chi connectivity index (χ0) is 11.5. The lowest BCUT2D eigenvalue weighted by molar-refractivity contribution is -0.187. The Morgan fingerprint density at radius 2 is 2.27 bits per heavy atom. The molecule has 0 bridgehead atoms. The number of rotatable bonds is 4. The summed E-state index contributed by atoms with van der Waals surface area (Å²) in [6.07, 6.45) is 0.243. The van der Waals surface area contributed by atoms with Crippen LogP contribution in [-0.2, 0) is 15.3 Å². The summed E-state index contributed by atoms with van der Waals surface area (Å²) < 4.78 is 4.64. The van der Waals surface area contributed by atoms with E-state index >= 15 is 0 Å². The molecule has 0 saturated carbocycles. The number of hydrogen-bond donors (Lipinski definition) is 2. The van der Waals surface area contributed by atoms with E-state index in [4.69, 9.17) is 5.73 Å². The lowest BCUT2D eigenvalue weighted by atomic mass is 10.0. The summed E-state index contributed by atoms with van der Waals surface area (Å²) >= 11 is 0. The largest absolute Gasteiger partial charge is 0.366 e. The average molecular weight is 209 g/mol. The third-order valence-electron chi connectivity index (χ3n) is 2.03. The molecular weight excluding hydrogens is 198 g/mol. The highest BCUT2D eigenvalue weighted by molar-refractivity contribution is 5.93. The highest BCUT2D eigenvalue weighted by Crippen LogP contribution is 2.20. The van der Waals surface area contributed by atoms with Gasteiger partial charge in [-0.25, -0.2) is 0 Å². The van der Waals surface area contributed by atoms with Crippen LogP contribution < -0.4 is 5.73 Å². The Morgan fingerprint density at radius 1 is 1.60 bits per heavy atom. The van der Waals surface area contributed by atoms with Gasteiger partial charge in [0.05, 0.1) is 0 Å². The van der Waals surface area contributed by atoms with Crippen molar-refractivity contribution in [2.45, 2.75) is 5.79 Å². The van der Waals surface area contributed by atoms with E-state index in [-0.39, 0.29) is 17.4 Å². The number of primary amides is 1. The van der Waals surface area contributed by atoms with Crippen LogP contribution in [-0.4, -0.2) is 24.4 Å². The molecule has 0 saturated heterocycles. The molecule has 0 aliphatic heterocycles. The number of nitrogens with two attached hydrogens (primary N) is 1. The average Bonchev–Trinajstić information content (AvgIpc) is 2.28. The van der Waals surface area contributed by atoms with E-state index in [9.17, 15) is 14.7 Å². The molecule has 1 atom stereocenters. The van der Waals surface area contributed by atoms with Crippen molar-refractivity contribution in [1.82, 2.24) is 0 Å². The van der Waals surface area contributed by atoms with Crippen LogP contribution in [0.1, 0.15) is 15.9 Å². The molecule has 0 heterocycles. The number of aldehydes is 1. The molecular formula is C10H11NO4. The molecule has 1 aromatic carbocycles. The van der Waals surface area contributed by atoms with E-state index < -0.39 is 11.7 Å². The molecule has 1 aromatic rings. The molecule has 3 N–H and O–H groups in total. The molecule has 15 heavy (non-hydrogen) atoms. The minimum absolute atomic E-state index is 0.163. The summed E-state index contributed by atoms with van der Waals surface area (Å²) in [5.74, 6) is -2.67. The third-order valence-corrected chi connectivity index (χ3v) is 2.03. The van der Waals surface area contributed by atoms with E-state index in [1.807, 2.05) is 0 Å². The van der Waals surface area contributed by atoms with Crippen molar-refractivity contribution in [3.63, 3.8) is 0 Å². The number of benzene rings is 1. The third kappa shape index (κ3) is 2.20. The molecule has 0 aromatic heterocycles. The van der Waals surface area contributed by atoms with Crippen molar-refractivity contribution in [3.8, 4) is 0 Å². The number of amides is 1. The molecule has 5 nitrogen and oxygen atoms in total. The predicted octanol–water partition coefficient (Wildman–Crippen LogP) is -0.224. The van der Waals surface area contributed by atoms with Gasteiger partial charge in [0.15, 0.2) is 6.29 Å². The zero-order valence-electron chi connectivity index (χ0n) is 8.14. The predicted molar refractivity (Wildman–Crippen MR) is 51.9 cm³/mol. The minimum atomic E-state index is -2.04. The summed E-state index contributed by atoms with van der Waals surface area (Å²) in [4.78, 5) is 21.5. The molecule has 0 spiro atoms. The molecule has 0 fully saturated rings. The van der Waals surface area contributed by atoms with Crippen LogP contribution in [0.4, 0.5) is 0 Å². The molecule has 0 radical (unpaired) electrons. The van der Waals surface area contributed by atoms with Crippen LogP contribution in [0.25, 0.3) is 0 Å². The van der Waals surface area contributed by atoms with Crippen molar-refractivity contribution >= 4 is 12.2 Å². The maximum atomic E-state index is 10.9. The highest BCUT2D eigenvalue weighted by Gasteiger charge is 2.28. The molecule has 1 unspecified atom stereocenters. The van der Waals surface area contributed by atoms with Crippen LogP contribution in [0.3, 0.4) is 0 Å². The van der Waals surface area contributed by atoms with Crippen molar-refractivity contribution < 1.29 is 19.4 Å². The van der Waals surface area contributed by atoms with Crippen LogP contribution >= 0.6 is 0 Å². The van der Waals surface area contributed by atoms with Gasteiger partial charge in [0.25, 0.3) is 5.79 Å². The first-order valence-corrected chi connectivity index (χ1v) is 4.17. The van der Waals surface area contributed by atoms with Crippen LogP contribution in [0, 0.1) is 0 Å². The first-order chi connectivity index (χ1) is 7.03. The fourth-order valence-corrected chi connectivity index (χ4v) is 1.13. The molecule has 0 aliphatic rings. The molecule has 0 aliphatic carbocycles. The molecule has 80 valence electrons. The Morgan fingerprint density at radius 3 is 2.73 bits per heavy atom. The van der Waals surface area contributed by atoms with Gasteiger partial charge >= 0.3 is 0 Å². The molecule has 1 amide bonds. The fraction of sp³-hybridized carbons (Fsp3) is 0.200. The minimum Gasteiger partial charge on any atom is -0.366 e. The van der Waals surface area contributed by atoms with E-state index in [1.165, 1.54) is 31.4 Å². The second kappa shape index (κ2) is 4.20. The summed E-state index contributed by atoms with van der Waals surface area (Å²) in [7, 11) is 1.19. The standard InChI is InChI=1S/C10H11NO4/c1-15-10(14,6-12)8-4-2-3-7(5-8)9(11)13/h2-6,14H,1H3,(H2,11,13). The molecule has 1 rings (SSSR count). The van der Waals surface area contributed by atoms with Gasteiger partial charge in [-0.2, -0.15) is 0 Å². The second-order valence-corrected chi connectivity index (χ2v) is 2.96. The van der Waals surface area contributed by atoms with Gasteiger partial charge in [0.1, 0.15) is 0 Å². The Kier molecular flexibility index (Phi) is 3.18. The number of aliphatic hydroxyl groups is 1. The SMILES string of the molecule is COC(O)(C=O)c1cccc(C(N)=O)c1. The van der Waals surface area contributed by atoms with Crippen molar-refractivity contribution in [2.24, 2.45) is 5.73 Å². The highest BCUT2D eigenvalue weighted by atomic mass is 16.6. The van der Waals surface area contributed by atoms with Crippen LogP contribution in [0.15, 0.2) is 24.3 Å². The molecule has 5 heteroatoms. The first-order valence-electron chi connectivity index (χ1n) is 4.17. The Balaban J connectivity index is 3.20. The van der Waals surface area contributed by atoms with Crippen molar-refractivity contribution in [1.29, 1.82) is 0 Å².